The van der Waals surface area contributed by atoms with Crippen LogP contribution in [0.25, 0.3) is 10.9 Å². The molecule has 0 saturated heterocycles. The van der Waals surface area contributed by atoms with Crippen molar-refractivity contribution < 1.29 is 23.5 Å². The minimum atomic E-state index is -0.669. The molecule has 1 amide bonds. The zero-order chi connectivity index (χ0) is 20.1. The molecule has 3 aromatic rings. The highest BCUT2D eigenvalue weighted by molar-refractivity contribution is 6.00. The summed E-state index contributed by atoms with van der Waals surface area (Å²) in [6.07, 6.45) is 0. The van der Waals surface area contributed by atoms with Crippen LogP contribution >= 0.6 is 0 Å². The molecule has 28 heavy (non-hydrogen) atoms. The fourth-order valence-corrected chi connectivity index (χ4v) is 2.92. The van der Waals surface area contributed by atoms with E-state index in [0.29, 0.717) is 11.3 Å². The Morgan fingerprint density at radius 2 is 1.93 bits per heavy atom. The molecule has 144 valence electrons. The molecule has 0 saturated carbocycles. The van der Waals surface area contributed by atoms with Crippen molar-refractivity contribution in [3.05, 3.63) is 71.2 Å². The molecule has 0 spiro atoms. The van der Waals surface area contributed by atoms with Crippen LogP contribution in [0.3, 0.4) is 0 Å². The van der Waals surface area contributed by atoms with Crippen molar-refractivity contribution in [3.63, 3.8) is 0 Å². The molecular weight excluding hydrogens is 363 g/mol. The Hall–Kier alpha value is -3.32. The second kappa shape index (κ2) is 8.58. The van der Waals surface area contributed by atoms with Gasteiger partial charge >= 0.3 is 5.97 Å². The van der Waals surface area contributed by atoms with Crippen molar-refractivity contribution in [3.8, 4) is 0 Å². The second-order valence-corrected chi connectivity index (χ2v) is 6.14. The Labute approximate surface area is 161 Å². The minimum absolute atomic E-state index is 0.131. The van der Waals surface area contributed by atoms with Gasteiger partial charge in [-0.1, -0.05) is 24.3 Å². The van der Waals surface area contributed by atoms with Crippen molar-refractivity contribution in [2.75, 3.05) is 19.0 Å². The Bertz CT molecular complexity index is 1040. The molecule has 0 fully saturated rings. The van der Waals surface area contributed by atoms with Gasteiger partial charge in [0.25, 0.3) is 5.91 Å². The molecule has 0 atom stereocenters. The Morgan fingerprint density at radius 3 is 2.68 bits per heavy atom. The van der Waals surface area contributed by atoms with Gasteiger partial charge in [0.05, 0.1) is 23.4 Å². The number of para-hydroxylation sites is 1. The Balaban J connectivity index is 1.78. The zero-order valence-corrected chi connectivity index (χ0v) is 15.5. The normalized spacial score (nSPS) is 10.7. The standard InChI is InChI=1S/C21H19FN2O4/c1-13-16-8-3-4-9-17(16)24-18(11-27-2)20(13)21(26)28-12-19(25)23-15-7-5-6-14(22)10-15/h3-10H,11-12H2,1-2H3,(H,23,25). The number of nitrogens with one attached hydrogen (secondary N) is 1. The molecule has 0 bridgehead atoms. The van der Waals surface area contributed by atoms with Gasteiger partial charge in [0.2, 0.25) is 0 Å². The first-order valence-electron chi connectivity index (χ1n) is 8.59. The van der Waals surface area contributed by atoms with E-state index in [-0.39, 0.29) is 17.9 Å². The first kappa shape index (κ1) is 19.4. The molecule has 6 nitrogen and oxygen atoms in total. The van der Waals surface area contributed by atoms with E-state index in [1.54, 1.807) is 6.92 Å². The summed E-state index contributed by atoms with van der Waals surface area (Å²) in [5, 5.41) is 3.30. The van der Waals surface area contributed by atoms with Gasteiger partial charge in [0, 0.05) is 18.2 Å². The van der Waals surface area contributed by atoms with Crippen molar-refractivity contribution >= 4 is 28.5 Å². The van der Waals surface area contributed by atoms with E-state index in [9.17, 15) is 14.0 Å². The number of aryl methyl sites for hydroxylation is 1. The molecule has 0 aliphatic heterocycles. The lowest BCUT2D eigenvalue weighted by atomic mass is 10.0. The summed E-state index contributed by atoms with van der Waals surface area (Å²) < 4.78 is 23.5. The number of benzene rings is 2. The minimum Gasteiger partial charge on any atom is -0.452 e. The third-order valence-electron chi connectivity index (χ3n) is 4.15. The van der Waals surface area contributed by atoms with Crippen LogP contribution in [-0.4, -0.2) is 30.6 Å². The average molecular weight is 382 g/mol. The highest BCUT2D eigenvalue weighted by Gasteiger charge is 2.21. The van der Waals surface area contributed by atoms with Crippen LogP contribution < -0.4 is 5.32 Å². The van der Waals surface area contributed by atoms with Crippen LogP contribution in [0.2, 0.25) is 0 Å². The number of amides is 1. The van der Waals surface area contributed by atoms with E-state index >= 15 is 0 Å². The smallest absolute Gasteiger partial charge is 0.340 e. The van der Waals surface area contributed by atoms with Crippen LogP contribution in [0, 0.1) is 12.7 Å². The predicted molar refractivity (Wildman–Crippen MR) is 103 cm³/mol. The third kappa shape index (κ3) is 4.32. The third-order valence-corrected chi connectivity index (χ3v) is 4.15. The molecule has 0 aliphatic carbocycles. The van der Waals surface area contributed by atoms with E-state index in [1.807, 2.05) is 24.3 Å². The maximum absolute atomic E-state index is 13.2. The number of hydrogen-bond donors (Lipinski definition) is 1. The fraction of sp³-hybridized carbons (Fsp3) is 0.190. The van der Waals surface area contributed by atoms with Crippen LogP contribution in [0.5, 0.6) is 0 Å². The van der Waals surface area contributed by atoms with Gasteiger partial charge in [0.1, 0.15) is 5.82 Å². The molecule has 0 radical (unpaired) electrons. The average Bonchev–Trinajstić information content (AvgIpc) is 2.67. The second-order valence-electron chi connectivity index (χ2n) is 6.14. The van der Waals surface area contributed by atoms with Crippen molar-refractivity contribution in [1.29, 1.82) is 0 Å². The zero-order valence-electron chi connectivity index (χ0n) is 15.5. The molecule has 7 heteroatoms. The topological polar surface area (TPSA) is 77.5 Å². The maximum Gasteiger partial charge on any atom is 0.340 e. The molecule has 1 aromatic heterocycles. The highest BCUT2D eigenvalue weighted by atomic mass is 19.1. The largest absolute Gasteiger partial charge is 0.452 e. The summed E-state index contributed by atoms with van der Waals surface area (Å²) in [7, 11) is 1.51. The number of fused-ring (bicyclic) bond motifs is 1. The Kier molecular flexibility index (Phi) is 5.96. The lowest BCUT2D eigenvalue weighted by molar-refractivity contribution is -0.119. The van der Waals surface area contributed by atoms with Gasteiger partial charge in [-0.25, -0.2) is 14.2 Å². The summed E-state index contributed by atoms with van der Waals surface area (Å²) in [6.45, 7) is 1.42. The van der Waals surface area contributed by atoms with Crippen LogP contribution in [-0.2, 0) is 20.9 Å². The van der Waals surface area contributed by atoms with Crippen LogP contribution in [0.1, 0.15) is 21.6 Å². The molecule has 3 rings (SSSR count). The summed E-state index contributed by atoms with van der Waals surface area (Å²) in [5.74, 6) is -1.72. The van der Waals surface area contributed by atoms with Gasteiger partial charge in [0.15, 0.2) is 6.61 Å². The summed E-state index contributed by atoms with van der Waals surface area (Å²) in [5.41, 5.74) is 2.44. The van der Waals surface area contributed by atoms with Crippen molar-refractivity contribution in [2.45, 2.75) is 13.5 Å². The van der Waals surface area contributed by atoms with E-state index in [4.69, 9.17) is 9.47 Å². The quantitative estimate of drug-likeness (QED) is 0.659. The number of halogens is 1. The van der Waals surface area contributed by atoms with E-state index in [2.05, 4.69) is 10.3 Å². The number of ether oxygens (including phenoxy) is 2. The van der Waals surface area contributed by atoms with E-state index < -0.39 is 24.3 Å². The summed E-state index contributed by atoms with van der Waals surface area (Å²) in [4.78, 5) is 29.2. The number of nitrogens with zero attached hydrogens (tertiary/aromatic N) is 1. The van der Waals surface area contributed by atoms with Gasteiger partial charge in [-0.2, -0.15) is 0 Å². The molecular formula is C21H19FN2O4. The monoisotopic (exact) mass is 382 g/mol. The van der Waals surface area contributed by atoms with Crippen molar-refractivity contribution in [2.24, 2.45) is 0 Å². The number of carbonyl (C=O) groups is 2. The molecule has 1 heterocycles. The number of aromatic nitrogens is 1. The van der Waals surface area contributed by atoms with Gasteiger partial charge in [-0.3, -0.25) is 4.79 Å². The number of pyridine rings is 1. The molecule has 0 aliphatic rings. The predicted octanol–water partition coefficient (Wildman–Crippen LogP) is 3.62. The SMILES string of the molecule is COCc1nc2ccccc2c(C)c1C(=O)OCC(=O)Nc1cccc(F)c1. The Morgan fingerprint density at radius 1 is 1.14 bits per heavy atom. The number of methoxy groups -OCH3 is 1. The van der Waals surface area contributed by atoms with Crippen LogP contribution in [0.4, 0.5) is 10.1 Å². The fourth-order valence-electron chi connectivity index (χ4n) is 2.92. The first-order valence-corrected chi connectivity index (χ1v) is 8.59. The molecule has 2 aromatic carbocycles. The first-order chi connectivity index (χ1) is 13.5. The molecule has 0 unspecified atom stereocenters. The number of carbonyl (C=O) groups excluding carboxylic acids is 2. The number of hydrogen-bond acceptors (Lipinski definition) is 5. The van der Waals surface area contributed by atoms with E-state index in [1.165, 1.54) is 31.4 Å². The molecule has 1 N–H and O–H groups in total. The van der Waals surface area contributed by atoms with Gasteiger partial charge in [-0.15, -0.1) is 0 Å². The van der Waals surface area contributed by atoms with Crippen LogP contribution in [0.15, 0.2) is 48.5 Å². The highest BCUT2D eigenvalue weighted by Crippen LogP contribution is 2.24. The summed E-state index contributed by atoms with van der Waals surface area (Å²) >= 11 is 0. The summed E-state index contributed by atoms with van der Waals surface area (Å²) in [6, 6.07) is 12.9. The number of anilines is 1. The maximum atomic E-state index is 13.2. The van der Waals surface area contributed by atoms with E-state index in [0.717, 1.165) is 10.9 Å². The van der Waals surface area contributed by atoms with Gasteiger partial charge < -0.3 is 14.8 Å². The van der Waals surface area contributed by atoms with Crippen molar-refractivity contribution in [1.82, 2.24) is 4.98 Å². The lowest BCUT2D eigenvalue weighted by Crippen LogP contribution is -2.22. The lowest BCUT2D eigenvalue weighted by Gasteiger charge is -2.14. The van der Waals surface area contributed by atoms with Gasteiger partial charge in [-0.05, 0) is 36.8 Å². The number of esters is 1. The number of rotatable bonds is 6.